The van der Waals surface area contributed by atoms with E-state index in [0.717, 1.165) is 30.2 Å². The van der Waals surface area contributed by atoms with E-state index >= 15 is 0 Å². The number of carbonyl (C=O) groups excluding carboxylic acids is 1. The molecule has 8 nitrogen and oxygen atoms in total. The molecular formula is C25H37N5O3. The quantitative estimate of drug-likeness (QED) is 0.711. The van der Waals surface area contributed by atoms with Gasteiger partial charge in [0.05, 0.1) is 11.9 Å². The summed E-state index contributed by atoms with van der Waals surface area (Å²) in [5.74, 6) is 2.09. The smallest absolute Gasteiger partial charge is 0.290 e. The van der Waals surface area contributed by atoms with Gasteiger partial charge in [0.1, 0.15) is 5.52 Å². The van der Waals surface area contributed by atoms with E-state index in [4.69, 9.17) is 9.90 Å². The molecule has 3 aliphatic heterocycles. The predicted octanol–water partition coefficient (Wildman–Crippen LogP) is 3.42. The molecule has 0 radical (unpaired) electrons. The summed E-state index contributed by atoms with van der Waals surface area (Å²) < 4.78 is 1.89. The van der Waals surface area contributed by atoms with Gasteiger partial charge in [-0.15, -0.1) is 0 Å². The number of hydrogen-bond donors (Lipinski definition) is 1. The van der Waals surface area contributed by atoms with Crippen molar-refractivity contribution in [1.29, 1.82) is 0 Å². The molecule has 0 saturated carbocycles. The minimum absolute atomic E-state index is 0.141. The van der Waals surface area contributed by atoms with Gasteiger partial charge in [-0.05, 0) is 62.5 Å². The molecule has 2 aromatic heterocycles. The fraction of sp³-hybridized carbons (Fsp3) is 0.680. The summed E-state index contributed by atoms with van der Waals surface area (Å²) in [6, 6.07) is 3.15. The van der Waals surface area contributed by atoms with Gasteiger partial charge in [-0.1, -0.05) is 20.3 Å². The third kappa shape index (κ3) is 4.76. The minimum atomic E-state index is -0.250. The molecule has 0 aromatic carbocycles. The fourth-order valence-corrected chi connectivity index (χ4v) is 6.35. The number of pyridine rings is 1. The molecule has 3 fully saturated rings. The van der Waals surface area contributed by atoms with Gasteiger partial charge in [0.2, 0.25) is 0 Å². The molecule has 33 heavy (non-hydrogen) atoms. The number of hydrogen-bond acceptors (Lipinski definition) is 5. The Balaban J connectivity index is 0.000000821. The number of likely N-dealkylation sites (tertiary alicyclic amines) is 1. The van der Waals surface area contributed by atoms with Crippen molar-refractivity contribution in [2.75, 3.05) is 19.6 Å². The number of nitrogens with zero attached hydrogens (tertiary/aromatic N) is 5. The first kappa shape index (κ1) is 23.7. The Morgan fingerprint density at radius 1 is 1.24 bits per heavy atom. The summed E-state index contributed by atoms with van der Waals surface area (Å²) >= 11 is 0. The Kier molecular flexibility index (Phi) is 7.32. The maximum absolute atomic E-state index is 13.6. The van der Waals surface area contributed by atoms with Crippen LogP contribution in [0.25, 0.3) is 11.2 Å². The van der Waals surface area contributed by atoms with E-state index < -0.39 is 0 Å². The van der Waals surface area contributed by atoms with E-state index in [1.54, 1.807) is 12.5 Å². The third-order valence-corrected chi connectivity index (χ3v) is 7.78. The average Bonchev–Trinajstić information content (AvgIpc) is 3.20. The SMILES string of the molecule is CC(C)CC[C@H]1[C@H]2C[C@H](CN(C(=O)c3ccnc4c3ncn4C)C2)[C@@H]2CCCCN21.O=CO. The molecule has 2 bridgehead atoms. The molecule has 5 rings (SSSR count). The third-order valence-electron chi connectivity index (χ3n) is 7.78. The van der Waals surface area contributed by atoms with E-state index in [0.29, 0.717) is 29.5 Å². The molecule has 8 heteroatoms. The molecule has 1 N–H and O–H groups in total. The number of carboxylic acid groups (broad SMARTS) is 1. The van der Waals surface area contributed by atoms with Gasteiger partial charge < -0.3 is 14.6 Å². The van der Waals surface area contributed by atoms with Crippen molar-refractivity contribution in [3.63, 3.8) is 0 Å². The Morgan fingerprint density at radius 2 is 2.00 bits per heavy atom. The Hall–Kier alpha value is -2.48. The molecular weight excluding hydrogens is 418 g/mol. The maximum Gasteiger partial charge on any atom is 0.290 e. The van der Waals surface area contributed by atoms with E-state index in [1.165, 1.54) is 45.1 Å². The number of amides is 1. The Labute approximate surface area is 196 Å². The summed E-state index contributed by atoms with van der Waals surface area (Å²) in [6.07, 6.45) is 11.3. The van der Waals surface area contributed by atoms with Crippen molar-refractivity contribution in [3.8, 4) is 0 Å². The van der Waals surface area contributed by atoms with Gasteiger partial charge in [-0.25, -0.2) is 9.97 Å². The second-order valence-electron chi connectivity index (χ2n) is 10.3. The maximum atomic E-state index is 13.6. The number of aromatic nitrogens is 3. The van der Waals surface area contributed by atoms with E-state index in [1.807, 2.05) is 17.7 Å². The normalized spacial score (nSPS) is 27.1. The highest BCUT2D eigenvalue weighted by molar-refractivity contribution is 6.04. The van der Waals surface area contributed by atoms with E-state index in [2.05, 4.69) is 33.6 Å². The second kappa shape index (κ2) is 10.2. The molecule has 2 aromatic rings. The molecule has 4 atom stereocenters. The van der Waals surface area contributed by atoms with E-state index in [9.17, 15) is 4.79 Å². The van der Waals surface area contributed by atoms with Crippen LogP contribution in [0.2, 0.25) is 0 Å². The number of piperidine rings is 3. The first-order valence-corrected chi connectivity index (χ1v) is 12.3. The molecule has 3 aliphatic rings. The van der Waals surface area contributed by atoms with Crippen LogP contribution in [0.4, 0.5) is 0 Å². The van der Waals surface area contributed by atoms with Crippen molar-refractivity contribution < 1.29 is 14.7 Å². The number of rotatable bonds is 4. The lowest BCUT2D eigenvalue weighted by Gasteiger charge is -2.57. The first-order chi connectivity index (χ1) is 15.9. The highest BCUT2D eigenvalue weighted by Gasteiger charge is 2.47. The van der Waals surface area contributed by atoms with Crippen molar-refractivity contribution >= 4 is 23.5 Å². The van der Waals surface area contributed by atoms with Gasteiger partial charge >= 0.3 is 0 Å². The lowest BCUT2D eigenvalue weighted by Crippen LogP contribution is -2.64. The number of imidazole rings is 1. The topological polar surface area (TPSA) is 91.6 Å². The Bertz CT molecular complexity index is 974. The molecule has 0 unspecified atom stereocenters. The minimum Gasteiger partial charge on any atom is -0.483 e. The summed E-state index contributed by atoms with van der Waals surface area (Å²) in [5, 5.41) is 6.89. The van der Waals surface area contributed by atoms with Gasteiger partial charge in [0.25, 0.3) is 12.4 Å². The molecule has 0 aliphatic carbocycles. The molecule has 0 spiro atoms. The number of fused-ring (bicyclic) bond motifs is 5. The van der Waals surface area contributed by atoms with Gasteiger partial charge in [0.15, 0.2) is 5.65 Å². The molecule has 1 amide bonds. The fourth-order valence-electron chi connectivity index (χ4n) is 6.35. The van der Waals surface area contributed by atoms with Crippen LogP contribution in [0, 0.1) is 17.8 Å². The van der Waals surface area contributed by atoms with Gasteiger partial charge in [-0.2, -0.15) is 0 Å². The van der Waals surface area contributed by atoms with Crippen LogP contribution in [0.3, 0.4) is 0 Å². The van der Waals surface area contributed by atoms with Crippen LogP contribution in [0.1, 0.15) is 62.7 Å². The summed E-state index contributed by atoms with van der Waals surface area (Å²) in [6.45, 7) is 7.45. The second-order valence-corrected chi connectivity index (χ2v) is 10.3. The average molecular weight is 456 g/mol. The zero-order valence-corrected chi connectivity index (χ0v) is 20.1. The summed E-state index contributed by atoms with van der Waals surface area (Å²) in [5.41, 5.74) is 2.22. The Morgan fingerprint density at radius 3 is 2.76 bits per heavy atom. The molecule has 180 valence electrons. The monoisotopic (exact) mass is 455 g/mol. The lowest BCUT2D eigenvalue weighted by atomic mass is 9.71. The first-order valence-electron chi connectivity index (χ1n) is 12.3. The van der Waals surface area contributed by atoms with Crippen molar-refractivity contribution in [3.05, 3.63) is 24.2 Å². The van der Waals surface area contributed by atoms with Crippen LogP contribution in [0.5, 0.6) is 0 Å². The zero-order valence-electron chi connectivity index (χ0n) is 20.1. The van der Waals surface area contributed by atoms with Crippen molar-refractivity contribution in [2.45, 2.75) is 64.5 Å². The van der Waals surface area contributed by atoms with Crippen LogP contribution in [0.15, 0.2) is 18.6 Å². The highest BCUT2D eigenvalue weighted by atomic mass is 16.3. The van der Waals surface area contributed by atoms with E-state index in [-0.39, 0.29) is 12.4 Å². The standard InChI is InChI=1S/C24H35N5O.CH2O2/c1-16(2)7-8-21-18-12-17(20-6-4-5-11-29(20)21)13-28(14-18)24(30)19-9-10-25-23-22(19)26-15-27(23)3;2-1-3/h9-10,15-18,20-21H,4-8,11-14H2,1-3H3;1H,(H,2,3)/t17-,18+,20+,21+;/m1./s1. The van der Waals surface area contributed by atoms with Crippen LogP contribution < -0.4 is 0 Å². The summed E-state index contributed by atoms with van der Waals surface area (Å²) in [4.78, 5) is 35.9. The largest absolute Gasteiger partial charge is 0.483 e. The van der Waals surface area contributed by atoms with Crippen LogP contribution >= 0.6 is 0 Å². The van der Waals surface area contributed by atoms with Gasteiger partial charge in [-0.3, -0.25) is 14.5 Å². The van der Waals surface area contributed by atoms with Crippen molar-refractivity contribution in [1.82, 2.24) is 24.3 Å². The number of carbonyl (C=O) groups is 2. The van der Waals surface area contributed by atoms with Gasteiger partial charge in [0, 0.05) is 38.4 Å². The summed E-state index contributed by atoms with van der Waals surface area (Å²) in [7, 11) is 1.93. The number of aryl methyl sites for hydroxylation is 1. The molecule has 5 heterocycles. The molecule has 3 saturated heterocycles. The highest BCUT2D eigenvalue weighted by Crippen LogP contribution is 2.43. The predicted molar refractivity (Wildman–Crippen MR) is 127 cm³/mol. The van der Waals surface area contributed by atoms with Crippen LogP contribution in [-0.4, -0.2) is 73.5 Å². The van der Waals surface area contributed by atoms with Crippen molar-refractivity contribution in [2.24, 2.45) is 24.8 Å². The lowest BCUT2D eigenvalue weighted by molar-refractivity contribution is -0.122. The zero-order chi connectivity index (χ0) is 23.5. The van der Waals surface area contributed by atoms with Crippen LogP contribution in [-0.2, 0) is 11.8 Å².